The Labute approximate surface area is 561 Å². The lowest BCUT2D eigenvalue weighted by molar-refractivity contribution is -0.142. The molecule has 0 unspecified atom stereocenters. The van der Waals surface area contributed by atoms with Crippen LogP contribution < -0.4 is 75.7 Å². The molecule has 11 amide bonds. The van der Waals surface area contributed by atoms with E-state index in [9.17, 15) is 68.2 Å². The molecule has 4 heterocycles. The van der Waals surface area contributed by atoms with E-state index in [0.29, 0.717) is 42.6 Å². The minimum atomic E-state index is -1.81. The number of primary amides is 1. The number of rotatable bonds is 39. The minimum Gasteiger partial charge on any atom is -0.508 e. The molecule has 2 fully saturated rings. The van der Waals surface area contributed by atoms with Crippen molar-refractivity contribution in [2.75, 3.05) is 32.8 Å². The number of phenols is 1. The number of hydrogen-bond donors (Lipinski definition) is 17. The van der Waals surface area contributed by atoms with Gasteiger partial charge in [-0.2, -0.15) is 5.26 Å². The number of benzene rings is 1. The number of likely N-dealkylation sites (tertiary alicyclic amines) is 1. The number of aromatic nitrogens is 3. The van der Waals surface area contributed by atoms with Gasteiger partial charge in [0.25, 0.3) is 0 Å². The number of carbonyl (C=O) groups excluding carboxylic acids is 11. The van der Waals surface area contributed by atoms with Crippen LogP contribution in [-0.4, -0.2) is 200 Å². The Balaban J connectivity index is 1.41. The van der Waals surface area contributed by atoms with Crippen molar-refractivity contribution in [3.63, 3.8) is 0 Å². The summed E-state index contributed by atoms with van der Waals surface area (Å²) in [5.41, 5.74) is 17.9. The lowest BCUT2D eigenvalue weighted by Crippen LogP contribution is -2.61. The zero-order valence-corrected chi connectivity index (χ0v) is 55.1. The van der Waals surface area contributed by atoms with Gasteiger partial charge in [-0.15, -0.1) is 0 Å². The van der Waals surface area contributed by atoms with Crippen molar-refractivity contribution in [2.24, 2.45) is 33.1 Å². The molecule has 0 aliphatic carbocycles. The minimum absolute atomic E-state index is 0.00549. The first kappa shape index (κ1) is 77.2. The van der Waals surface area contributed by atoms with Crippen LogP contribution in [0.2, 0.25) is 0 Å². The molecule has 2 saturated heterocycles. The summed E-state index contributed by atoms with van der Waals surface area (Å²) in [6.45, 7) is 6.84. The fourth-order valence-electron chi connectivity index (χ4n) is 10.6. The van der Waals surface area contributed by atoms with Crippen molar-refractivity contribution in [2.45, 2.75) is 184 Å². The molecule has 5 rings (SSSR count). The van der Waals surface area contributed by atoms with E-state index < -0.39 is 126 Å². The van der Waals surface area contributed by atoms with Gasteiger partial charge < -0.3 is 90.5 Å². The lowest BCUT2D eigenvalue weighted by Gasteiger charge is -2.31. The summed E-state index contributed by atoms with van der Waals surface area (Å²) in [7, 11) is 0. The van der Waals surface area contributed by atoms with Crippen LogP contribution in [-0.2, 0) is 72.0 Å². The Bertz CT molecular complexity index is 3230. The van der Waals surface area contributed by atoms with E-state index in [-0.39, 0.29) is 113 Å². The molecule has 2 aromatic heterocycles. The highest BCUT2D eigenvalue weighted by molar-refractivity contribution is 5.99. The second-order valence-electron chi connectivity index (χ2n) is 24.1. The number of unbranched alkanes of at least 4 members (excludes halogenated alkanes) is 2. The van der Waals surface area contributed by atoms with Crippen molar-refractivity contribution < 1.29 is 63.0 Å². The smallest absolute Gasteiger partial charge is 0.245 e. The number of nitrogens with two attached hydrogens (primary N) is 3. The van der Waals surface area contributed by atoms with Gasteiger partial charge in [-0.3, -0.25) is 73.0 Å². The van der Waals surface area contributed by atoms with Gasteiger partial charge in [0.15, 0.2) is 12.2 Å². The molecule has 1 aromatic carbocycles. The van der Waals surface area contributed by atoms with Crippen molar-refractivity contribution >= 4 is 76.9 Å². The molecular formula is C63H93N21O13. The van der Waals surface area contributed by atoms with Crippen LogP contribution in [0.3, 0.4) is 0 Å². The Morgan fingerprint density at radius 3 is 1.90 bits per heavy atom. The number of aliphatic hydroxyl groups excluding tert-OH is 1. The molecule has 34 heteroatoms. The quantitative estimate of drug-likeness (QED) is 0.00858. The molecule has 34 nitrogen and oxygen atoms in total. The second kappa shape index (κ2) is 40.1. The van der Waals surface area contributed by atoms with Crippen LogP contribution in [0.4, 0.5) is 0 Å². The standard InChI is InChI=1S/C63H93N21O13/c1-5-6-23-71-63(73-34-64)72-24-8-7-13-44(61(97)84-26-11-15-50(84)60(96)75-37(4)52(65)88)78-55(91)45(27-36(2)3)79-53(89)42(14-10-25-70-62(66)67)77-56(92)46(28-38-16-18-41(86)19-17-38)81-59(95)49(33-85)83-57(93)47(29-39-12-9-22-68-31-39)80-58(94)48(30-40-32-69-35-74-40)82-54(90)43-20-21-51(87)76-43/h9,12,16-19,22,31-32,35-37,42-50,85-86H,5-8,10-11,13-15,20-21,23-30,33H2,1-4H3,(H2,65,88)(H,69,74)(H,75,96)(H,76,87)(H,77,92)(H,78,91)(H,79,89)(H,80,94)(H,81,95)(H,82,90)(H,83,93)(H4,66,67,70)(H2,71,72,73)/t37-,42-,43+,44+,45+,46+,47-,48+,49+,50+/m1/s1. The molecule has 0 spiro atoms. The number of pyridine rings is 1. The Morgan fingerprint density at radius 2 is 1.30 bits per heavy atom. The molecular weight excluding hydrogens is 1260 g/mol. The van der Waals surface area contributed by atoms with Crippen molar-refractivity contribution in [3.05, 3.63) is 78.1 Å². The number of amides is 11. The number of aliphatic hydroxyl groups is 1. The zero-order valence-electron chi connectivity index (χ0n) is 55.1. The van der Waals surface area contributed by atoms with Crippen LogP contribution >= 0.6 is 0 Å². The molecule has 2 aliphatic rings. The van der Waals surface area contributed by atoms with Crippen LogP contribution in [0.5, 0.6) is 5.75 Å². The number of H-pyrrole nitrogens is 1. The summed E-state index contributed by atoms with van der Waals surface area (Å²) in [4.78, 5) is 174. The molecule has 97 heavy (non-hydrogen) atoms. The van der Waals surface area contributed by atoms with Gasteiger partial charge in [-0.05, 0) is 106 Å². The average molecular weight is 1350 g/mol. The number of hydrogen-bond acceptors (Lipinski definition) is 18. The maximum absolute atomic E-state index is 14.8. The number of nitriles is 1. The number of phenolic OH excluding ortho intramolecular Hbond substituents is 1. The normalized spacial score (nSPS) is 16.8. The highest BCUT2D eigenvalue weighted by Crippen LogP contribution is 2.22. The Hall–Kier alpha value is -10.5. The molecule has 20 N–H and O–H groups in total. The second-order valence-corrected chi connectivity index (χ2v) is 24.1. The van der Waals surface area contributed by atoms with Crippen molar-refractivity contribution in [1.82, 2.24) is 78.3 Å². The van der Waals surface area contributed by atoms with Crippen LogP contribution in [0.25, 0.3) is 0 Å². The predicted molar refractivity (Wildman–Crippen MR) is 353 cm³/mol. The summed E-state index contributed by atoms with van der Waals surface area (Å²) in [5.74, 6) is -9.02. The van der Waals surface area contributed by atoms with E-state index in [1.54, 1.807) is 26.0 Å². The molecule has 0 radical (unpaired) electrons. The summed E-state index contributed by atoms with van der Waals surface area (Å²) < 4.78 is 0. The number of aromatic amines is 1. The van der Waals surface area contributed by atoms with Gasteiger partial charge in [0.1, 0.15) is 66.2 Å². The maximum atomic E-state index is 14.8. The largest absolute Gasteiger partial charge is 0.508 e. The third kappa shape index (κ3) is 26.3. The summed E-state index contributed by atoms with van der Waals surface area (Å²) in [6.07, 6.45) is 10.2. The summed E-state index contributed by atoms with van der Waals surface area (Å²) in [6, 6.07) is -4.55. The molecule has 10 atom stereocenters. The molecule has 0 saturated carbocycles. The van der Waals surface area contributed by atoms with Gasteiger partial charge in [0, 0.05) is 76.1 Å². The van der Waals surface area contributed by atoms with E-state index in [0.717, 1.165) is 12.8 Å². The average Bonchev–Trinajstić information content (AvgIpc) is 1.81. The number of carbonyl (C=O) groups is 11. The first-order valence-electron chi connectivity index (χ1n) is 32.5. The molecule has 528 valence electrons. The van der Waals surface area contributed by atoms with Crippen molar-refractivity contribution in [3.8, 4) is 11.9 Å². The van der Waals surface area contributed by atoms with Crippen LogP contribution in [0.1, 0.15) is 122 Å². The van der Waals surface area contributed by atoms with E-state index in [1.807, 2.05) is 13.1 Å². The SMILES string of the molecule is CCCCNC(=NCCCC[C@H](NC(=O)[C@H](CC(C)C)NC(=O)[C@@H](CCCN=C(N)N)NC(=O)[C@H](Cc1ccc(O)cc1)NC(=O)[C@H](CO)NC(=O)[C@@H](Cc1cccnc1)NC(=O)[C@H](Cc1cnc[nH]1)NC(=O)[C@@H]1CCC(=O)N1)C(=O)N1CCC[C@H]1C(=O)N[C@H](C)C(N)=O)NC#N. The van der Waals surface area contributed by atoms with E-state index >= 15 is 0 Å². The topological polar surface area (TPSA) is 532 Å². The fourth-order valence-corrected chi connectivity index (χ4v) is 10.6. The first-order valence-corrected chi connectivity index (χ1v) is 32.5. The first-order chi connectivity index (χ1) is 46.4. The maximum Gasteiger partial charge on any atom is 0.245 e. The Kier molecular flexibility index (Phi) is 31.9. The number of imidazole rings is 1. The summed E-state index contributed by atoms with van der Waals surface area (Å²) in [5, 5.41) is 59.5. The molecule has 2 aliphatic heterocycles. The number of aliphatic imine (C=N–C) groups is 2. The van der Waals surface area contributed by atoms with Crippen LogP contribution in [0, 0.1) is 17.4 Å². The van der Waals surface area contributed by atoms with E-state index in [4.69, 9.17) is 17.2 Å². The van der Waals surface area contributed by atoms with Gasteiger partial charge in [0.05, 0.1) is 12.9 Å². The fraction of sp³-hybridized carbons (Fsp3) is 0.556. The van der Waals surface area contributed by atoms with Gasteiger partial charge in [-0.25, -0.2) is 4.98 Å². The van der Waals surface area contributed by atoms with E-state index in [1.165, 1.54) is 61.0 Å². The highest BCUT2D eigenvalue weighted by Gasteiger charge is 2.40. The molecule has 3 aromatic rings. The van der Waals surface area contributed by atoms with Gasteiger partial charge in [0.2, 0.25) is 70.9 Å². The third-order valence-corrected chi connectivity index (χ3v) is 15.9. The lowest BCUT2D eigenvalue weighted by atomic mass is 10.00. The number of aromatic hydroxyl groups is 1. The van der Waals surface area contributed by atoms with Crippen LogP contribution in [0.15, 0.2) is 71.3 Å². The van der Waals surface area contributed by atoms with Gasteiger partial charge >= 0.3 is 0 Å². The van der Waals surface area contributed by atoms with Crippen molar-refractivity contribution in [1.29, 1.82) is 5.26 Å². The molecule has 0 bridgehead atoms. The number of nitrogens with one attached hydrogen (secondary N) is 12. The predicted octanol–water partition coefficient (Wildman–Crippen LogP) is -3.73. The summed E-state index contributed by atoms with van der Waals surface area (Å²) >= 11 is 0. The zero-order chi connectivity index (χ0) is 71.0. The Morgan fingerprint density at radius 1 is 0.691 bits per heavy atom. The number of guanidine groups is 2. The van der Waals surface area contributed by atoms with Gasteiger partial charge in [-0.1, -0.05) is 45.4 Å². The number of nitrogens with zero attached hydrogens (tertiary/aromatic N) is 6. The highest BCUT2D eigenvalue weighted by atomic mass is 16.3. The van der Waals surface area contributed by atoms with E-state index in [2.05, 4.69) is 83.4 Å². The monoisotopic (exact) mass is 1350 g/mol. The third-order valence-electron chi connectivity index (χ3n) is 15.9.